The zero-order valence-corrected chi connectivity index (χ0v) is 12.3. The normalized spacial score (nSPS) is 10.0. The molecule has 0 saturated heterocycles. The third kappa shape index (κ3) is 6.13. The van der Waals surface area contributed by atoms with Gasteiger partial charge in [0.1, 0.15) is 17.9 Å². The van der Waals surface area contributed by atoms with Gasteiger partial charge >= 0.3 is 12.0 Å². The molecule has 0 aliphatic carbocycles. The van der Waals surface area contributed by atoms with E-state index in [0.29, 0.717) is 32.0 Å². The molecule has 2 amide bonds. The Morgan fingerprint density at radius 2 is 1.90 bits per heavy atom. The van der Waals surface area contributed by atoms with Crippen molar-refractivity contribution in [1.29, 1.82) is 0 Å². The summed E-state index contributed by atoms with van der Waals surface area (Å²) in [6.07, 6.45) is 0. The van der Waals surface area contributed by atoms with Gasteiger partial charge in [-0.25, -0.2) is 9.59 Å². The first-order chi connectivity index (χ1) is 10.0. The molecule has 0 fully saturated rings. The number of carbonyl (C=O) groups is 2. The van der Waals surface area contributed by atoms with Gasteiger partial charge in [0.15, 0.2) is 0 Å². The lowest BCUT2D eigenvalue weighted by Crippen LogP contribution is -2.39. The standard InChI is InChI=1S/C14H21N3O4/c1-17(2)14(20)16-8-7-15-9-10-21-12-6-4-3-5-11(12)13(18)19/h3-6,15H,7-10H2,1-2H3,(H,16,20)(H,18,19). The fourth-order valence-electron chi connectivity index (χ4n) is 1.54. The zero-order chi connectivity index (χ0) is 15.7. The summed E-state index contributed by atoms with van der Waals surface area (Å²) < 4.78 is 5.43. The number of amides is 2. The maximum Gasteiger partial charge on any atom is 0.339 e. The predicted octanol–water partition coefficient (Wildman–Crippen LogP) is 0.624. The van der Waals surface area contributed by atoms with Gasteiger partial charge in [-0.1, -0.05) is 12.1 Å². The van der Waals surface area contributed by atoms with E-state index in [1.165, 1.54) is 11.0 Å². The monoisotopic (exact) mass is 295 g/mol. The van der Waals surface area contributed by atoms with Crippen LogP contribution < -0.4 is 15.4 Å². The Kier molecular flexibility index (Phi) is 7.03. The molecule has 1 aromatic carbocycles. The van der Waals surface area contributed by atoms with Crippen LogP contribution in [0.1, 0.15) is 10.4 Å². The van der Waals surface area contributed by atoms with Crippen molar-refractivity contribution in [2.24, 2.45) is 0 Å². The lowest BCUT2D eigenvalue weighted by atomic mass is 10.2. The fraction of sp³-hybridized carbons (Fsp3) is 0.429. The van der Waals surface area contributed by atoms with Gasteiger partial charge in [-0.2, -0.15) is 0 Å². The smallest absolute Gasteiger partial charge is 0.339 e. The molecule has 116 valence electrons. The molecule has 0 aliphatic rings. The van der Waals surface area contributed by atoms with Crippen LogP contribution in [0.4, 0.5) is 4.79 Å². The van der Waals surface area contributed by atoms with Gasteiger partial charge in [-0.05, 0) is 12.1 Å². The number of para-hydroxylation sites is 1. The van der Waals surface area contributed by atoms with Crippen molar-refractivity contribution in [1.82, 2.24) is 15.5 Å². The Bertz CT molecular complexity index is 477. The summed E-state index contributed by atoms with van der Waals surface area (Å²) in [5.74, 6) is -0.655. The molecule has 7 nitrogen and oxygen atoms in total. The summed E-state index contributed by atoms with van der Waals surface area (Å²) in [7, 11) is 3.35. The Morgan fingerprint density at radius 3 is 2.57 bits per heavy atom. The van der Waals surface area contributed by atoms with E-state index in [2.05, 4.69) is 10.6 Å². The number of benzene rings is 1. The highest BCUT2D eigenvalue weighted by Gasteiger charge is 2.09. The van der Waals surface area contributed by atoms with Crippen LogP contribution in [0.15, 0.2) is 24.3 Å². The highest BCUT2D eigenvalue weighted by molar-refractivity contribution is 5.90. The molecule has 0 radical (unpaired) electrons. The molecule has 0 saturated carbocycles. The predicted molar refractivity (Wildman–Crippen MR) is 78.9 cm³/mol. The maximum atomic E-state index is 11.2. The van der Waals surface area contributed by atoms with Gasteiger partial charge in [0.05, 0.1) is 0 Å². The van der Waals surface area contributed by atoms with Gasteiger partial charge in [0.25, 0.3) is 0 Å². The van der Waals surface area contributed by atoms with Crippen LogP contribution in [0, 0.1) is 0 Å². The molecular weight excluding hydrogens is 274 g/mol. The van der Waals surface area contributed by atoms with E-state index in [0.717, 1.165) is 0 Å². The number of carbonyl (C=O) groups excluding carboxylic acids is 1. The highest BCUT2D eigenvalue weighted by Crippen LogP contribution is 2.17. The minimum absolute atomic E-state index is 0.136. The SMILES string of the molecule is CN(C)C(=O)NCCNCCOc1ccccc1C(=O)O. The second-order valence-corrected chi connectivity index (χ2v) is 4.53. The zero-order valence-electron chi connectivity index (χ0n) is 12.3. The first kappa shape index (κ1) is 16.8. The molecule has 1 rings (SSSR count). The van der Waals surface area contributed by atoms with E-state index >= 15 is 0 Å². The molecule has 0 bridgehead atoms. The Balaban J connectivity index is 2.18. The Morgan fingerprint density at radius 1 is 1.19 bits per heavy atom. The van der Waals surface area contributed by atoms with Crippen LogP contribution in [0.2, 0.25) is 0 Å². The third-order valence-electron chi connectivity index (χ3n) is 2.64. The number of hydrogen-bond acceptors (Lipinski definition) is 4. The van der Waals surface area contributed by atoms with Crippen LogP contribution in [0.5, 0.6) is 5.75 Å². The number of aromatic carboxylic acids is 1. The van der Waals surface area contributed by atoms with Gasteiger partial charge in [-0.15, -0.1) is 0 Å². The van der Waals surface area contributed by atoms with E-state index in [1.54, 1.807) is 32.3 Å². The van der Waals surface area contributed by atoms with Crippen molar-refractivity contribution in [2.45, 2.75) is 0 Å². The number of ether oxygens (including phenoxy) is 1. The number of carboxylic acid groups (broad SMARTS) is 1. The second-order valence-electron chi connectivity index (χ2n) is 4.53. The molecule has 1 aromatic rings. The molecule has 0 atom stereocenters. The molecule has 3 N–H and O–H groups in total. The maximum absolute atomic E-state index is 11.2. The van der Waals surface area contributed by atoms with Crippen molar-refractivity contribution >= 4 is 12.0 Å². The molecule has 0 unspecified atom stereocenters. The van der Waals surface area contributed by atoms with Gasteiger partial charge in [0.2, 0.25) is 0 Å². The van der Waals surface area contributed by atoms with Crippen LogP contribution >= 0.6 is 0 Å². The molecule has 21 heavy (non-hydrogen) atoms. The molecule has 0 aromatic heterocycles. The van der Waals surface area contributed by atoms with E-state index < -0.39 is 5.97 Å². The molecule has 7 heteroatoms. The van der Waals surface area contributed by atoms with Crippen LogP contribution in [-0.4, -0.2) is 62.3 Å². The van der Waals surface area contributed by atoms with Gasteiger partial charge in [0, 0.05) is 33.7 Å². The Labute approximate surface area is 123 Å². The van der Waals surface area contributed by atoms with Crippen LogP contribution in [0.3, 0.4) is 0 Å². The quantitative estimate of drug-likeness (QED) is 0.612. The minimum Gasteiger partial charge on any atom is -0.491 e. The van der Waals surface area contributed by atoms with Crippen molar-refractivity contribution in [2.75, 3.05) is 40.3 Å². The molecular formula is C14H21N3O4. The molecule has 0 heterocycles. The summed E-state index contributed by atoms with van der Waals surface area (Å²) in [6, 6.07) is 6.37. The minimum atomic E-state index is -1.01. The fourth-order valence-corrected chi connectivity index (χ4v) is 1.54. The number of hydrogen-bond donors (Lipinski definition) is 3. The largest absolute Gasteiger partial charge is 0.491 e. The summed E-state index contributed by atoms with van der Waals surface area (Å²) in [5.41, 5.74) is 0.149. The highest BCUT2D eigenvalue weighted by atomic mass is 16.5. The van der Waals surface area contributed by atoms with Gasteiger partial charge in [-0.3, -0.25) is 0 Å². The summed E-state index contributed by atoms with van der Waals surface area (Å²) >= 11 is 0. The summed E-state index contributed by atoms with van der Waals surface area (Å²) in [4.78, 5) is 23.7. The van der Waals surface area contributed by atoms with Gasteiger partial charge < -0.3 is 25.4 Å². The Hall–Kier alpha value is -2.28. The van der Waals surface area contributed by atoms with Crippen LogP contribution in [-0.2, 0) is 0 Å². The van der Waals surface area contributed by atoms with Crippen molar-refractivity contribution in [3.05, 3.63) is 29.8 Å². The average Bonchev–Trinajstić information content (AvgIpc) is 2.46. The number of nitrogens with one attached hydrogen (secondary N) is 2. The summed E-state index contributed by atoms with van der Waals surface area (Å²) in [5, 5.41) is 14.8. The lowest BCUT2D eigenvalue weighted by molar-refractivity contribution is 0.0692. The third-order valence-corrected chi connectivity index (χ3v) is 2.64. The molecule has 0 aliphatic heterocycles. The first-order valence-electron chi connectivity index (χ1n) is 6.63. The topological polar surface area (TPSA) is 90.9 Å². The van der Waals surface area contributed by atoms with E-state index in [4.69, 9.17) is 9.84 Å². The van der Waals surface area contributed by atoms with Crippen LogP contribution in [0.25, 0.3) is 0 Å². The number of carboxylic acids is 1. The average molecular weight is 295 g/mol. The van der Waals surface area contributed by atoms with Crippen molar-refractivity contribution < 1.29 is 19.4 Å². The van der Waals surface area contributed by atoms with E-state index in [-0.39, 0.29) is 11.6 Å². The molecule has 0 spiro atoms. The first-order valence-corrected chi connectivity index (χ1v) is 6.63. The number of rotatable bonds is 8. The lowest BCUT2D eigenvalue weighted by Gasteiger charge is -2.12. The van der Waals surface area contributed by atoms with Crippen molar-refractivity contribution in [3.8, 4) is 5.75 Å². The number of urea groups is 1. The van der Waals surface area contributed by atoms with Crippen molar-refractivity contribution in [3.63, 3.8) is 0 Å². The summed E-state index contributed by atoms with van der Waals surface area (Å²) in [6.45, 7) is 2.05. The second kappa shape index (κ2) is 8.80. The number of nitrogens with zero attached hydrogens (tertiary/aromatic N) is 1. The van der Waals surface area contributed by atoms with E-state index in [1.807, 2.05) is 0 Å². The van der Waals surface area contributed by atoms with E-state index in [9.17, 15) is 9.59 Å².